The number of hydrogen-bond donors (Lipinski definition) is 1. The number of carbonyl (C=O) groups is 1. The smallest absolute Gasteiger partial charge is 0.229 e. The Morgan fingerprint density at radius 2 is 2.05 bits per heavy atom. The standard InChI is InChI=1S/C15H14FN3O/c1-9-17-7-6-14(18-9)19-15(20)13-8-12(13)10-2-4-11(16)5-3-10/h2-7,12-13H,8H2,1H3,(H,17,18,19,20)/t12-,13+/m0/s1. The summed E-state index contributed by atoms with van der Waals surface area (Å²) in [5.41, 5.74) is 1.01. The molecule has 1 aromatic carbocycles. The van der Waals surface area contributed by atoms with E-state index >= 15 is 0 Å². The van der Waals surface area contributed by atoms with E-state index < -0.39 is 0 Å². The third-order valence-electron chi connectivity index (χ3n) is 3.45. The quantitative estimate of drug-likeness (QED) is 0.933. The van der Waals surface area contributed by atoms with Gasteiger partial charge in [0, 0.05) is 12.1 Å². The first-order valence-corrected chi connectivity index (χ1v) is 6.49. The average Bonchev–Trinajstić information content (AvgIpc) is 3.20. The summed E-state index contributed by atoms with van der Waals surface area (Å²) in [4.78, 5) is 20.2. The summed E-state index contributed by atoms with van der Waals surface area (Å²) < 4.78 is 12.9. The highest BCUT2D eigenvalue weighted by atomic mass is 19.1. The lowest BCUT2D eigenvalue weighted by atomic mass is 10.1. The summed E-state index contributed by atoms with van der Waals surface area (Å²) in [6, 6.07) is 8.00. The number of amides is 1. The van der Waals surface area contributed by atoms with Crippen LogP contribution in [0.3, 0.4) is 0 Å². The van der Waals surface area contributed by atoms with Gasteiger partial charge in [0.05, 0.1) is 0 Å². The Kier molecular flexibility index (Phi) is 3.18. The number of halogens is 1. The fraction of sp³-hybridized carbons (Fsp3) is 0.267. The molecule has 1 heterocycles. The molecule has 5 heteroatoms. The molecule has 0 aliphatic heterocycles. The maximum atomic E-state index is 12.9. The van der Waals surface area contributed by atoms with Crippen LogP contribution >= 0.6 is 0 Å². The minimum atomic E-state index is -0.258. The van der Waals surface area contributed by atoms with Gasteiger partial charge in [0.2, 0.25) is 5.91 Å². The Bertz CT molecular complexity index is 642. The maximum Gasteiger partial charge on any atom is 0.229 e. The predicted octanol–water partition coefficient (Wildman–Crippen LogP) is 2.67. The van der Waals surface area contributed by atoms with E-state index in [9.17, 15) is 9.18 Å². The van der Waals surface area contributed by atoms with Crippen LogP contribution in [0.1, 0.15) is 23.7 Å². The molecule has 0 spiro atoms. The molecule has 1 aliphatic carbocycles. The van der Waals surface area contributed by atoms with Crippen molar-refractivity contribution in [3.63, 3.8) is 0 Å². The number of carbonyl (C=O) groups excluding carboxylic acids is 1. The predicted molar refractivity (Wildman–Crippen MR) is 72.6 cm³/mol. The van der Waals surface area contributed by atoms with Gasteiger partial charge in [0.15, 0.2) is 0 Å². The molecule has 0 saturated heterocycles. The van der Waals surface area contributed by atoms with Crippen molar-refractivity contribution in [1.29, 1.82) is 0 Å². The zero-order valence-corrected chi connectivity index (χ0v) is 11.0. The molecule has 1 fully saturated rings. The van der Waals surface area contributed by atoms with Crippen LogP contribution in [0.25, 0.3) is 0 Å². The first-order valence-electron chi connectivity index (χ1n) is 6.49. The number of benzene rings is 1. The molecule has 3 rings (SSSR count). The second-order valence-corrected chi connectivity index (χ2v) is 4.98. The summed E-state index contributed by atoms with van der Waals surface area (Å²) in [5, 5.41) is 2.79. The summed E-state index contributed by atoms with van der Waals surface area (Å²) in [6.45, 7) is 1.77. The highest BCUT2D eigenvalue weighted by molar-refractivity contribution is 5.94. The number of nitrogens with one attached hydrogen (secondary N) is 1. The Morgan fingerprint density at radius 1 is 1.30 bits per heavy atom. The molecule has 2 aromatic rings. The highest BCUT2D eigenvalue weighted by Gasteiger charge is 2.43. The summed E-state index contributed by atoms with van der Waals surface area (Å²) in [6.07, 6.45) is 2.41. The minimum absolute atomic E-state index is 0.0441. The fourth-order valence-corrected chi connectivity index (χ4v) is 2.31. The third kappa shape index (κ3) is 2.66. The van der Waals surface area contributed by atoms with Crippen molar-refractivity contribution in [3.8, 4) is 0 Å². The monoisotopic (exact) mass is 271 g/mol. The minimum Gasteiger partial charge on any atom is -0.310 e. The van der Waals surface area contributed by atoms with Crippen molar-refractivity contribution >= 4 is 11.7 Å². The van der Waals surface area contributed by atoms with Crippen molar-refractivity contribution < 1.29 is 9.18 Å². The van der Waals surface area contributed by atoms with E-state index in [4.69, 9.17) is 0 Å². The Hall–Kier alpha value is -2.30. The van der Waals surface area contributed by atoms with E-state index in [2.05, 4.69) is 15.3 Å². The normalized spacial score (nSPS) is 20.5. The molecule has 102 valence electrons. The SMILES string of the molecule is Cc1nccc(NC(=O)[C@@H]2C[C@H]2c2ccc(F)cc2)n1. The first-order chi connectivity index (χ1) is 9.63. The maximum absolute atomic E-state index is 12.9. The molecule has 1 N–H and O–H groups in total. The van der Waals surface area contributed by atoms with E-state index in [-0.39, 0.29) is 23.6 Å². The molecule has 20 heavy (non-hydrogen) atoms. The van der Waals surface area contributed by atoms with Crippen LogP contribution in [-0.2, 0) is 4.79 Å². The number of nitrogens with zero attached hydrogens (tertiary/aromatic N) is 2. The zero-order chi connectivity index (χ0) is 14.1. The van der Waals surface area contributed by atoms with E-state index in [0.29, 0.717) is 11.6 Å². The first kappa shape index (κ1) is 12.7. The number of hydrogen-bond acceptors (Lipinski definition) is 3. The summed E-state index contributed by atoms with van der Waals surface area (Å²) in [7, 11) is 0. The molecule has 0 bridgehead atoms. The molecule has 1 saturated carbocycles. The van der Waals surface area contributed by atoms with Gasteiger partial charge in [0.1, 0.15) is 17.5 Å². The lowest BCUT2D eigenvalue weighted by Crippen LogP contribution is -2.15. The van der Waals surface area contributed by atoms with E-state index in [1.54, 1.807) is 31.3 Å². The van der Waals surface area contributed by atoms with Gasteiger partial charge in [-0.3, -0.25) is 4.79 Å². The summed E-state index contributed by atoms with van der Waals surface area (Å²) >= 11 is 0. The van der Waals surface area contributed by atoms with Crippen molar-refractivity contribution in [2.45, 2.75) is 19.3 Å². The molecule has 0 radical (unpaired) electrons. The lowest BCUT2D eigenvalue weighted by molar-refractivity contribution is -0.117. The van der Waals surface area contributed by atoms with Gasteiger partial charge >= 0.3 is 0 Å². The van der Waals surface area contributed by atoms with Crippen LogP contribution in [0.5, 0.6) is 0 Å². The topological polar surface area (TPSA) is 54.9 Å². The Balaban J connectivity index is 1.64. The van der Waals surface area contributed by atoms with Crippen LogP contribution < -0.4 is 5.32 Å². The number of aromatic nitrogens is 2. The lowest BCUT2D eigenvalue weighted by Gasteiger charge is -2.04. The molecule has 1 aromatic heterocycles. The van der Waals surface area contributed by atoms with Gasteiger partial charge in [-0.05, 0) is 43.0 Å². The van der Waals surface area contributed by atoms with Crippen molar-refractivity contribution in [2.75, 3.05) is 5.32 Å². The van der Waals surface area contributed by atoms with Gasteiger partial charge < -0.3 is 5.32 Å². The van der Waals surface area contributed by atoms with Crippen molar-refractivity contribution in [3.05, 3.63) is 53.7 Å². The third-order valence-corrected chi connectivity index (χ3v) is 3.45. The average molecular weight is 271 g/mol. The van der Waals surface area contributed by atoms with E-state index in [1.807, 2.05) is 0 Å². The Labute approximate surface area is 116 Å². The van der Waals surface area contributed by atoms with Gasteiger partial charge in [-0.15, -0.1) is 0 Å². The summed E-state index contributed by atoms with van der Waals surface area (Å²) in [5.74, 6) is 0.958. The molecule has 0 unspecified atom stereocenters. The second kappa shape index (κ2) is 5.00. The van der Waals surface area contributed by atoms with Gasteiger partial charge in [-0.1, -0.05) is 12.1 Å². The number of aryl methyl sites for hydroxylation is 1. The second-order valence-electron chi connectivity index (χ2n) is 4.98. The van der Waals surface area contributed by atoms with Gasteiger partial charge in [-0.25, -0.2) is 14.4 Å². The van der Waals surface area contributed by atoms with E-state index in [0.717, 1.165) is 12.0 Å². The zero-order valence-electron chi connectivity index (χ0n) is 11.0. The molecule has 1 amide bonds. The number of anilines is 1. The van der Waals surface area contributed by atoms with Crippen LogP contribution in [0.15, 0.2) is 36.5 Å². The Morgan fingerprint density at radius 3 is 2.75 bits per heavy atom. The van der Waals surface area contributed by atoms with E-state index in [1.165, 1.54) is 12.1 Å². The molecule has 1 aliphatic rings. The van der Waals surface area contributed by atoms with Crippen LogP contribution in [0.2, 0.25) is 0 Å². The van der Waals surface area contributed by atoms with Gasteiger partial charge in [-0.2, -0.15) is 0 Å². The molecule has 4 nitrogen and oxygen atoms in total. The van der Waals surface area contributed by atoms with Crippen LogP contribution in [0, 0.1) is 18.7 Å². The van der Waals surface area contributed by atoms with Crippen LogP contribution in [-0.4, -0.2) is 15.9 Å². The largest absolute Gasteiger partial charge is 0.310 e. The fourth-order valence-electron chi connectivity index (χ4n) is 2.31. The number of rotatable bonds is 3. The van der Waals surface area contributed by atoms with Crippen molar-refractivity contribution in [1.82, 2.24) is 9.97 Å². The highest BCUT2D eigenvalue weighted by Crippen LogP contribution is 2.47. The van der Waals surface area contributed by atoms with Crippen LogP contribution in [0.4, 0.5) is 10.2 Å². The molecular formula is C15H14FN3O. The molecular weight excluding hydrogens is 257 g/mol. The molecule has 2 atom stereocenters. The van der Waals surface area contributed by atoms with Gasteiger partial charge in [0.25, 0.3) is 0 Å². The van der Waals surface area contributed by atoms with Crippen molar-refractivity contribution in [2.24, 2.45) is 5.92 Å².